The molecule has 1 aliphatic rings. The molecule has 0 aliphatic carbocycles. The van der Waals surface area contributed by atoms with Gasteiger partial charge in [0.15, 0.2) is 0 Å². The molecule has 2 aromatic rings. The summed E-state index contributed by atoms with van der Waals surface area (Å²) in [6.45, 7) is 1.89. The molecule has 0 fully saturated rings. The molecule has 3 rings (SSSR count). The van der Waals surface area contributed by atoms with E-state index in [0.717, 1.165) is 16.9 Å². The van der Waals surface area contributed by atoms with Gasteiger partial charge in [0.2, 0.25) is 0 Å². The molecule has 0 amide bonds. The minimum atomic E-state index is 0.570. The monoisotopic (exact) mass is 215 g/mol. The zero-order valence-electron chi connectivity index (χ0n) is 8.89. The van der Waals surface area contributed by atoms with Crippen LogP contribution in [0.5, 0.6) is 0 Å². The largest absolute Gasteiger partial charge is 0.370 e. The van der Waals surface area contributed by atoms with E-state index < -0.39 is 0 Å². The molecule has 82 valence electrons. The molecule has 1 aliphatic heterocycles. The summed E-state index contributed by atoms with van der Waals surface area (Å²) < 4.78 is 7.31. The SMILES string of the molecule is NCc1ccc(-n2ncc3c2COC3)cc1. The average Bonchev–Trinajstić information content (AvgIpc) is 2.91. The summed E-state index contributed by atoms with van der Waals surface area (Å²) in [4.78, 5) is 0. The van der Waals surface area contributed by atoms with Gasteiger partial charge in [0, 0.05) is 12.1 Å². The van der Waals surface area contributed by atoms with Gasteiger partial charge in [0.25, 0.3) is 0 Å². The van der Waals surface area contributed by atoms with Crippen molar-refractivity contribution in [1.82, 2.24) is 9.78 Å². The van der Waals surface area contributed by atoms with E-state index in [1.165, 1.54) is 5.56 Å². The van der Waals surface area contributed by atoms with Crippen LogP contribution in [-0.2, 0) is 24.5 Å². The maximum atomic E-state index is 5.57. The van der Waals surface area contributed by atoms with Crippen LogP contribution in [0.2, 0.25) is 0 Å². The third kappa shape index (κ3) is 1.43. The summed E-state index contributed by atoms with van der Waals surface area (Å²) in [5, 5.41) is 4.37. The number of nitrogens with zero attached hydrogens (tertiary/aromatic N) is 2. The van der Waals surface area contributed by atoms with Crippen LogP contribution < -0.4 is 5.73 Å². The van der Waals surface area contributed by atoms with Gasteiger partial charge in [0.05, 0.1) is 30.8 Å². The lowest BCUT2D eigenvalue weighted by Crippen LogP contribution is -2.02. The minimum Gasteiger partial charge on any atom is -0.370 e. The van der Waals surface area contributed by atoms with E-state index in [-0.39, 0.29) is 0 Å². The van der Waals surface area contributed by atoms with Crippen LogP contribution in [0.1, 0.15) is 16.8 Å². The third-order valence-corrected chi connectivity index (χ3v) is 2.87. The summed E-state index contributed by atoms with van der Waals surface area (Å²) in [6.07, 6.45) is 1.87. The van der Waals surface area contributed by atoms with E-state index in [2.05, 4.69) is 5.10 Å². The second-order valence-corrected chi connectivity index (χ2v) is 3.89. The van der Waals surface area contributed by atoms with Crippen LogP contribution in [0, 0.1) is 0 Å². The summed E-state index contributed by atoms with van der Waals surface area (Å²) in [6, 6.07) is 8.13. The predicted molar refractivity (Wildman–Crippen MR) is 59.9 cm³/mol. The molecule has 1 aromatic heterocycles. The van der Waals surface area contributed by atoms with Crippen molar-refractivity contribution in [2.24, 2.45) is 5.73 Å². The standard InChI is InChI=1S/C12H13N3O/c13-5-9-1-3-11(4-2-9)15-12-8-16-7-10(12)6-14-15/h1-4,6H,5,7-8,13H2. The van der Waals surface area contributed by atoms with Gasteiger partial charge in [-0.1, -0.05) is 12.1 Å². The molecular weight excluding hydrogens is 202 g/mol. The summed E-state index contributed by atoms with van der Waals surface area (Å²) in [5.74, 6) is 0. The predicted octanol–water partition coefficient (Wildman–Crippen LogP) is 1.36. The highest BCUT2D eigenvalue weighted by Crippen LogP contribution is 2.22. The Bertz CT molecular complexity index is 501. The van der Waals surface area contributed by atoms with E-state index in [0.29, 0.717) is 19.8 Å². The Morgan fingerprint density at radius 2 is 2.06 bits per heavy atom. The molecule has 0 bridgehead atoms. The molecule has 4 nitrogen and oxygen atoms in total. The quantitative estimate of drug-likeness (QED) is 0.823. The van der Waals surface area contributed by atoms with Gasteiger partial charge in [-0.05, 0) is 17.7 Å². The van der Waals surface area contributed by atoms with Crippen molar-refractivity contribution < 1.29 is 4.74 Å². The molecule has 0 saturated heterocycles. The van der Waals surface area contributed by atoms with Crippen molar-refractivity contribution >= 4 is 0 Å². The molecule has 0 saturated carbocycles. The Kier molecular flexibility index (Phi) is 2.23. The highest BCUT2D eigenvalue weighted by molar-refractivity contribution is 5.37. The molecule has 1 aromatic carbocycles. The highest BCUT2D eigenvalue weighted by Gasteiger charge is 2.17. The number of rotatable bonds is 2. The van der Waals surface area contributed by atoms with Gasteiger partial charge >= 0.3 is 0 Å². The lowest BCUT2D eigenvalue weighted by molar-refractivity contribution is 0.130. The first-order chi connectivity index (χ1) is 7.88. The Morgan fingerprint density at radius 1 is 1.25 bits per heavy atom. The van der Waals surface area contributed by atoms with Crippen molar-refractivity contribution in [2.45, 2.75) is 19.8 Å². The second kappa shape index (κ2) is 3.73. The second-order valence-electron chi connectivity index (χ2n) is 3.89. The first-order valence-corrected chi connectivity index (χ1v) is 5.31. The van der Waals surface area contributed by atoms with Gasteiger partial charge in [-0.25, -0.2) is 4.68 Å². The number of benzene rings is 1. The van der Waals surface area contributed by atoms with Gasteiger partial charge in [-0.3, -0.25) is 0 Å². The Hall–Kier alpha value is -1.65. The van der Waals surface area contributed by atoms with Crippen molar-refractivity contribution in [3.05, 3.63) is 47.3 Å². The van der Waals surface area contributed by atoms with Crippen LogP contribution in [0.25, 0.3) is 5.69 Å². The van der Waals surface area contributed by atoms with Crippen LogP contribution in [-0.4, -0.2) is 9.78 Å². The number of hydrogen-bond donors (Lipinski definition) is 1. The molecule has 0 radical (unpaired) electrons. The molecule has 2 heterocycles. The first-order valence-electron chi connectivity index (χ1n) is 5.31. The van der Waals surface area contributed by atoms with Gasteiger partial charge in [-0.15, -0.1) is 0 Å². The van der Waals surface area contributed by atoms with Crippen LogP contribution in [0.4, 0.5) is 0 Å². The number of aromatic nitrogens is 2. The van der Waals surface area contributed by atoms with E-state index >= 15 is 0 Å². The number of hydrogen-bond acceptors (Lipinski definition) is 3. The van der Waals surface area contributed by atoms with Crippen molar-refractivity contribution in [1.29, 1.82) is 0 Å². The Morgan fingerprint density at radius 3 is 2.81 bits per heavy atom. The number of fused-ring (bicyclic) bond motifs is 1. The smallest absolute Gasteiger partial charge is 0.0897 e. The lowest BCUT2D eigenvalue weighted by atomic mass is 10.2. The Balaban J connectivity index is 2.01. The summed E-state index contributed by atoms with van der Waals surface area (Å²) in [7, 11) is 0. The van der Waals surface area contributed by atoms with Gasteiger partial charge in [0.1, 0.15) is 0 Å². The molecular formula is C12H13N3O. The van der Waals surface area contributed by atoms with E-state index in [1.807, 2.05) is 35.1 Å². The van der Waals surface area contributed by atoms with Crippen LogP contribution in [0.15, 0.2) is 30.5 Å². The number of ether oxygens (including phenoxy) is 1. The fourth-order valence-electron chi connectivity index (χ4n) is 1.94. The molecule has 2 N–H and O–H groups in total. The zero-order chi connectivity index (χ0) is 11.0. The van der Waals surface area contributed by atoms with E-state index in [4.69, 9.17) is 10.5 Å². The minimum absolute atomic E-state index is 0.570. The maximum Gasteiger partial charge on any atom is 0.0897 e. The van der Waals surface area contributed by atoms with Crippen LogP contribution >= 0.6 is 0 Å². The van der Waals surface area contributed by atoms with Crippen molar-refractivity contribution in [2.75, 3.05) is 0 Å². The maximum absolute atomic E-state index is 5.57. The topological polar surface area (TPSA) is 53.1 Å². The molecule has 4 heteroatoms. The molecule has 0 unspecified atom stereocenters. The fraction of sp³-hybridized carbons (Fsp3) is 0.250. The first kappa shape index (κ1) is 9.57. The molecule has 16 heavy (non-hydrogen) atoms. The van der Waals surface area contributed by atoms with Gasteiger partial charge < -0.3 is 10.5 Å². The van der Waals surface area contributed by atoms with Crippen molar-refractivity contribution in [3.8, 4) is 5.69 Å². The molecule has 0 atom stereocenters. The van der Waals surface area contributed by atoms with E-state index in [1.54, 1.807) is 0 Å². The zero-order valence-corrected chi connectivity index (χ0v) is 8.89. The highest BCUT2D eigenvalue weighted by atomic mass is 16.5. The lowest BCUT2D eigenvalue weighted by Gasteiger charge is -2.05. The summed E-state index contributed by atoms with van der Waals surface area (Å²) >= 11 is 0. The number of nitrogens with two attached hydrogens (primary N) is 1. The van der Waals surface area contributed by atoms with Crippen molar-refractivity contribution in [3.63, 3.8) is 0 Å². The van der Waals surface area contributed by atoms with E-state index in [9.17, 15) is 0 Å². The normalized spacial score (nSPS) is 14.1. The third-order valence-electron chi connectivity index (χ3n) is 2.87. The Labute approximate surface area is 93.6 Å². The molecule has 0 spiro atoms. The van der Waals surface area contributed by atoms with Gasteiger partial charge in [-0.2, -0.15) is 5.10 Å². The summed E-state index contributed by atoms with van der Waals surface area (Å²) in [5.41, 5.74) is 10.1. The fourth-order valence-corrected chi connectivity index (χ4v) is 1.94. The van der Waals surface area contributed by atoms with Crippen LogP contribution in [0.3, 0.4) is 0 Å². The average molecular weight is 215 g/mol.